The topological polar surface area (TPSA) is 41.4 Å². The number of carbonyl (C=O) groups is 1. The molecule has 0 N–H and O–H groups in total. The van der Waals surface area contributed by atoms with Gasteiger partial charge in [-0.3, -0.25) is 9.69 Å². The van der Waals surface area contributed by atoms with Crippen LogP contribution in [0.5, 0.6) is 0 Å². The number of nitrogens with zero attached hydrogens (tertiary/aromatic N) is 4. The summed E-state index contributed by atoms with van der Waals surface area (Å²) >= 11 is 0. The average Bonchev–Trinajstić information content (AvgIpc) is 3.29. The molecule has 26 heavy (non-hydrogen) atoms. The van der Waals surface area contributed by atoms with Gasteiger partial charge in [-0.05, 0) is 56.8 Å². The van der Waals surface area contributed by atoms with E-state index in [1.165, 1.54) is 0 Å². The van der Waals surface area contributed by atoms with Gasteiger partial charge >= 0.3 is 0 Å². The lowest BCUT2D eigenvalue weighted by Crippen LogP contribution is -2.59. The molecule has 0 saturated carbocycles. The lowest BCUT2D eigenvalue weighted by Gasteiger charge is -2.44. The first-order chi connectivity index (χ1) is 12.7. The molecular formula is C21H28N4O. The van der Waals surface area contributed by atoms with E-state index < -0.39 is 0 Å². The minimum Gasteiger partial charge on any atom is -0.341 e. The van der Waals surface area contributed by atoms with Crippen LogP contribution >= 0.6 is 0 Å². The molecule has 2 aliphatic rings. The van der Waals surface area contributed by atoms with Gasteiger partial charge in [-0.15, -0.1) is 0 Å². The predicted octanol–water partition coefficient (Wildman–Crippen LogP) is 3.24. The molecule has 2 aromatic rings. The highest BCUT2D eigenvalue weighted by Crippen LogP contribution is 2.39. The zero-order valence-corrected chi connectivity index (χ0v) is 15.6. The fraction of sp³-hybridized carbons (Fsp3) is 0.524. The standard InChI is InChI=1S/C21H28N4O/c1-2-14-23-15-6-11-21(20(23)26)12-7-16-24(21)17-19-10-13-22-25(19)18-8-4-3-5-9-18/h3-5,8-10,13H,2,6-7,11-12,14-17H2,1H3. The van der Waals surface area contributed by atoms with E-state index in [1.807, 2.05) is 29.1 Å². The number of likely N-dealkylation sites (tertiary alicyclic amines) is 2. The third kappa shape index (κ3) is 2.94. The van der Waals surface area contributed by atoms with Gasteiger partial charge in [0.25, 0.3) is 0 Å². The van der Waals surface area contributed by atoms with E-state index in [-0.39, 0.29) is 5.54 Å². The van der Waals surface area contributed by atoms with E-state index >= 15 is 0 Å². The normalized spacial score (nSPS) is 23.9. The van der Waals surface area contributed by atoms with Crippen molar-refractivity contribution in [2.45, 2.75) is 51.1 Å². The largest absolute Gasteiger partial charge is 0.341 e. The number of carbonyl (C=O) groups excluding carboxylic acids is 1. The van der Waals surface area contributed by atoms with Crippen LogP contribution in [-0.4, -0.2) is 50.7 Å². The lowest BCUT2D eigenvalue weighted by molar-refractivity contribution is -0.147. The zero-order chi connectivity index (χ0) is 18.0. The summed E-state index contributed by atoms with van der Waals surface area (Å²) < 4.78 is 2.00. The quantitative estimate of drug-likeness (QED) is 0.829. The van der Waals surface area contributed by atoms with Crippen LogP contribution < -0.4 is 0 Å². The molecular weight excluding hydrogens is 324 g/mol. The molecule has 1 atom stereocenters. The number of amides is 1. The Morgan fingerprint density at radius 1 is 1.08 bits per heavy atom. The van der Waals surface area contributed by atoms with Crippen molar-refractivity contribution >= 4 is 5.91 Å². The third-order valence-corrected chi connectivity index (χ3v) is 5.90. The summed E-state index contributed by atoms with van der Waals surface area (Å²) in [6.07, 6.45) is 7.09. The Labute approximate surface area is 155 Å². The molecule has 1 aromatic heterocycles. The molecule has 1 amide bonds. The van der Waals surface area contributed by atoms with Crippen molar-refractivity contribution in [3.63, 3.8) is 0 Å². The smallest absolute Gasteiger partial charge is 0.243 e. The molecule has 2 saturated heterocycles. The monoisotopic (exact) mass is 352 g/mol. The maximum atomic E-state index is 13.3. The Balaban J connectivity index is 1.59. The van der Waals surface area contributed by atoms with Gasteiger partial charge in [-0.1, -0.05) is 25.1 Å². The van der Waals surface area contributed by atoms with E-state index in [4.69, 9.17) is 0 Å². The second kappa shape index (κ2) is 7.23. The van der Waals surface area contributed by atoms with Gasteiger partial charge in [0.1, 0.15) is 5.54 Å². The summed E-state index contributed by atoms with van der Waals surface area (Å²) in [6, 6.07) is 12.3. The van der Waals surface area contributed by atoms with Crippen molar-refractivity contribution in [1.82, 2.24) is 19.6 Å². The van der Waals surface area contributed by atoms with Crippen LogP contribution in [-0.2, 0) is 11.3 Å². The Bertz CT molecular complexity index is 754. The van der Waals surface area contributed by atoms with Gasteiger partial charge in [0.2, 0.25) is 5.91 Å². The minimum atomic E-state index is -0.292. The molecule has 1 aromatic carbocycles. The second-order valence-corrected chi connectivity index (χ2v) is 7.52. The first kappa shape index (κ1) is 17.3. The van der Waals surface area contributed by atoms with Crippen LogP contribution in [0.3, 0.4) is 0 Å². The fourth-order valence-corrected chi connectivity index (χ4v) is 4.69. The number of hydrogen-bond donors (Lipinski definition) is 0. The third-order valence-electron chi connectivity index (χ3n) is 5.90. The molecule has 138 valence electrons. The number of rotatable bonds is 5. The Morgan fingerprint density at radius 3 is 2.62 bits per heavy atom. The first-order valence-electron chi connectivity index (χ1n) is 9.87. The van der Waals surface area contributed by atoms with Gasteiger partial charge < -0.3 is 4.90 Å². The maximum Gasteiger partial charge on any atom is 0.243 e. The van der Waals surface area contributed by atoms with Crippen molar-refractivity contribution < 1.29 is 4.79 Å². The molecule has 5 nitrogen and oxygen atoms in total. The van der Waals surface area contributed by atoms with Crippen molar-refractivity contribution in [3.05, 3.63) is 48.3 Å². The summed E-state index contributed by atoms with van der Waals surface area (Å²) in [7, 11) is 0. The Morgan fingerprint density at radius 2 is 1.85 bits per heavy atom. The summed E-state index contributed by atoms with van der Waals surface area (Å²) in [4.78, 5) is 17.8. The SMILES string of the molecule is CCCN1CCCC2(CCCN2Cc2ccnn2-c2ccccc2)C1=O. The van der Waals surface area contributed by atoms with Gasteiger partial charge in [-0.2, -0.15) is 5.10 Å². The number of aromatic nitrogens is 2. The highest BCUT2D eigenvalue weighted by atomic mass is 16.2. The van der Waals surface area contributed by atoms with Crippen LogP contribution in [0.2, 0.25) is 0 Å². The molecule has 0 bridgehead atoms. The first-order valence-corrected chi connectivity index (χ1v) is 9.87. The molecule has 0 aliphatic carbocycles. The van der Waals surface area contributed by atoms with E-state index in [9.17, 15) is 4.79 Å². The fourth-order valence-electron chi connectivity index (χ4n) is 4.69. The Kier molecular flexibility index (Phi) is 4.81. The summed E-state index contributed by atoms with van der Waals surface area (Å²) in [6.45, 7) is 5.73. The molecule has 1 unspecified atom stereocenters. The molecule has 1 spiro atoms. The van der Waals surface area contributed by atoms with Crippen molar-refractivity contribution in [2.75, 3.05) is 19.6 Å². The molecule has 2 fully saturated rings. The highest BCUT2D eigenvalue weighted by molar-refractivity contribution is 5.87. The second-order valence-electron chi connectivity index (χ2n) is 7.52. The molecule has 4 rings (SSSR count). The average molecular weight is 352 g/mol. The van der Waals surface area contributed by atoms with Crippen molar-refractivity contribution in [3.8, 4) is 5.69 Å². The van der Waals surface area contributed by atoms with Gasteiger partial charge in [0.05, 0.1) is 11.4 Å². The van der Waals surface area contributed by atoms with Crippen molar-refractivity contribution in [2.24, 2.45) is 0 Å². The lowest BCUT2D eigenvalue weighted by atomic mass is 9.85. The summed E-state index contributed by atoms with van der Waals surface area (Å²) in [5.74, 6) is 0.355. The van der Waals surface area contributed by atoms with E-state index in [0.717, 1.165) is 69.7 Å². The number of para-hydroxylation sites is 1. The van der Waals surface area contributed by atoms with Crippen LogP contribution in [0.4, 0.5) is 0 Å². The minimum absolute atomic E-state index is 0.292. The maximum absolute atomic E-state index is 13.3. The molecule has 2 aliphatic heterocycles. The van der Waals surface area contributed by atoms with E-state index in [1.54, 1.807) is 0 Å². The molecule has 5 heteroatoms. The zero-order valence-electron chi connectivity index (χ0n) is 15.6. The van der Waals surface area contributed by atoms with Gasteiger partial charge in [0.15, 0.2) is 0 Å². The van der Waals surface area contributed by atoms with Gasteiger partial charge in [-0.25, -0.2) is 4.68 Å². The number of benzene rings is 1. The van der Waals surface area contributed by atoms with Crippen LogP contribution in [0.25, 0.3) is 5.69 Å². The van der Waals surface area contributed by atoms with Crippen LogP contribution in [0, 0.1) is 0 Å². The van der Waals surface area contributed by atoms with E-state index in [0.29, 0.717) is 5.91 Å². The van der Waals surface area contributed by atoms with Crippen LogP contribution in [0.15, 0.2) is 42.6 Å². The van der Waals surface area contributed by atoms with E-state index in [2.05, 4.69) is 40.0 Å². The van der Waals surface area contributed by atoms with Crippen molar-refractivity contribution in [1.29, 1.82) is 0 Å². The number of hydrogen-bond acceptors (Lipinski definition) is 3. The molecule has 3 heterocycles. The highest BCUT2D eigenvalue weighted by Gasteiger charge is 2.50. The summed E-state index contributed by atoms with van der Waals surface area (Å²) in [5, 5.41) is 4.52. The summed E-state index contributed by atoms with van der Waals surface area (Å²) in [5.41, 5.74) is 1.93. The van der Waals surface area contributed by atoms with Gasteiger partial charge in [0, 0.05) is 25.8 Å². The Hall–Kier alpha value is -2.14. The molecule has 0 radical (unpaired) electrons. The number of piperidine rings is 1. The predicted molar refractivity (Wildman–Crippen MR) is 102 cm³/mol. The van der Waals surface area contributed by atoms with Crippen LogP contribution in [0.1, 0.15) is 44.7 Å².